The molecule has 2 rings (SSSR count). The molecule has 0 saturated carbocycles. The van der Waals surface area contributed by atoms with Crippen molar-refractivity contribution in [3.63, 3.8) is 0 Å². The van der Waals surface area contributed by atoms with Gasteiger partial charge in [0.15, 0.2) is 6.61 Å². The molecule has 0 aliphatic heterocycles. The lowest BCUT2D eigenvalue weighted by Crippen LogP contribution is -2.21. The fourth-order valence-electron chi connectivity index (χ4n) is 2.06. The van der Waals surface area contributed by atoms with Gasteiger partial charge in [-0.05, 0) is 24.6 Å². The fraction of sp³-hybridized carbons (Fsp3) is 0.176. The number of rotatable bonds is 6. The maximum Gasteiger partial charge on any atom is 0.311 e. The maximum atomic E-state index is 13.4. The second-order valence-corrected chi connectivity index (χ2v) is 5.24. The summed E-state index contributed by atoms with van der Waals surface area (Å²) in [4.78, 5) is 33.8. The number of nitro groups is 1. The Labute approximate surface area is 142 Å². The first-order chi connectivity index (χ1) is 11.9. The van der Waals surface area contributed by atoms with Gasteiger partial charge in [-0.2, -0.15) is 0 Å². The van der Waals surface area contributed by atoms with Crippen LogP contribution in [0.4, 0.5) is 15.8 Å². The summed E-state index contributed by atoms with van der Waals surface area (Å²) < 4.78 is 18.2. The molecule has 0 aromatic heterocycles. The van der Waals surface area contributed by atoms with Gasteiger partial charge in [0.1, 0.15) is 5.82 Å². The third kappa shape index (κ3) is 5.10. The minimum absolute atomic E-state index is 0.193. The van der Waals surface area contributed by atoms with Crippen molar-refractivity contribution < 1.29 is 23.6 Å². The van der Waals surface area contributed by atoms with Crippen molar-refractivity contribution in [3.8, 4) is 0 Å². The average Bonchev–Trinajstić information content (AvgIpc) is 2.57. The molecule has 0 bridgehead atoms. The number of hydrogen-bond acceptors (Lipinski definition) is 5. The van der Waals surface area contributed by atoms with Gasteiger partial charge in [-0.3, -0.25) is 19.7 Å². The highest BCUT2D eigenvalue weighted by atomic mass is 19.1. The number of halogens is 1. The van der Waals surface area contributed by atoms with Gasteiger partial charge in [-0.15, -0.1) is 0 Å². The lowest BCUT2D eigenvalue weighted by atomic mass is 10.1. The Morgan fingerprint density at radius 1 is 1.24 bits per heavy atom. The van der Waals surface area contributed by atoms with Crippen LogP contribution in [-0.2, 0) is 20.7 Å². The number of ether oxygens (including phenoxy) is 1. The first kappa shape index (κ1) is 18.1. The van der Waals surface area contributed by atoms with Crippen molar-refractivity contribution in [1.29, 1.82) is 0 Å². The zero-order valence-electron chi connectivity index (χ0n) is 13.3. The molecule has 1 amide bonds. The van der Waals surface area contributed by atoms with E-state index in [4.69, 9.17) is 4.74 Å². The largest absolute Gasteiger partial charge is 0.455 e. The molecule has 0 unspecified atom stereocenters. The molecule has 2 aromatic carbocycles. The van der Waals surface area contributed by atoms with Gasteiger partial charge in [0.2, 0.25) is 0 Å². The third-order valence-electron chi connectivity index (χ3n) is 3.34. The van der Waals surface area contributed by atoms with E-state index >= 15 is 0 Å². The number of carbonyl (C=O) groups excluding carboxylic acids is 2. The van der Waals surface area contributed by atoms with E-state index in [1.165, 1.54) is 30.3 Å². The number of carbonyl (C=O) groups is 2. The van der Waals surface area contributed by atoms with Crippen molar-refractivity contribution in [2.45, 2.75) is 13.3 Å². The Morgan fingerprint density at radius 2 is 1.96 bits per heavy atom. The van der Waals surface area contributed by atoms with Crippen LogP contribution in [-0.4, -0.2) is 23.4 Å². The number of nitrogens with one attached hydrogen (secondary N) is 1. The minimum Gasteiger partial charge on any atom is -0.455 e. The van der Waals surface area contributed by atoms with Crippen LogP contribution in [0.2, 0.25) is 0 Å². The molecular formula is C17H15FN2O5. The number of aryl methyl sites for hydroxylation is 1. The Hall–Kier alpha value is -3.29. The molecule has 0 heterocycles. The molecule has 8 heteroatoms. The summed E-state index contributed by atoms with van der Waals surface area (Å²) >= 11 is 0. The van der Waals surface area contributed by atoms with Crippen molar-refractivity contribution in [3.05, 3.63) is 69.5 Å². The number of para-hydroxylation sites is 1. The first-order valence-electron chi connectivity index (χ1n) is 7.30. The Morgan fingerprint density at radius 3 is 2.64 bits per heavy atom. The van der Waals surface area contributed by atoms with E-state index in [1.54, 1.807) is 13.0 Å². The zero-order chi connectivity index (χ0) is 18.4. The molecule has 0 saturated heterocycles. The number of esters is 1. The van der Waals surface area contributed by atoms with Crippen molar-refractivity contribution in [2.24, 2.45) is 0 Å². The van der Waals surface area contributed by atoms with Gasteiger partial charge < -0.3 is 10.1 Å². The summed E-state index contributed by atoms with van der Waals surface area (Å²) in [5.74, 6) is -1.88. The Bertz CT molecular complexity index is 822. The van der Waals surface area contributed by atoms with Crippen LogP contribution in [0.5, 0.6) is 0 Å². The van der Waals surface area contributed by atoms with Gasteiger partial charge in [0.05, 0.1) is 11.3 Å². The van der Waals surface area contributed by atoms with Crippen LogP contribution in [0.15, 0.2) is 42.5 Å². The standard InChI is InChI=1S/C17H15FN2O5/c1-11-6-7-13(9-14(11)18)19-16(21)10-25-17(22)8-12-4-2-3-5-15(12)20(23)24/h2-7,9H,8,10H2,1H3,(H,19,21). The van der Waals surface area contributed by atoms with Crippen LogP contribution in [0.3, 0.4) is 0 Å². The number of hydrogen-bond donors (Lipinski definition) is 1. The molecule has 25 heavy (non-hydrogen) atoms. The second kappa shape index (κ2) is 8.00. The first-order valence-corrected chi connectivity index (χ1v) is 7.30. The van der Waals surface area contributed by atoms with Gasteiger partial charge >= 0.3 is 5.97 Å². The summed E-state index contributed by atoms with van der Waals surface area (Å²) in [7, 11) is 0. The van der Waals surface area contributed by atoms with Crippen LogP contribution >= 0.6 is 0 Å². The molecular weight excluding hydrogens is 331 g/mol. The van der Waals surface area contributed by atoms with Crippen LogP contribution in [0.1, 0.15) is 11.1 Å². The van der Waals surface area contributed by atoms with Crippen molar-refractivity contribution in [2.75, 3.05) is 11.9 Å². The molecule has 130 valence electrons. The lowest BCUT2D eigenvalue weighted by molar-refractivity contribution is -0.385. The van der Waals surface area contributed by atoms with Gasteiger partial charge in [-0.1, -0.05) is 24.3 Å². The van der Waals surface area contributed by atoms with E-state index in [-0.39, 0.29) is 23.4 Å². The fourth-order valence-corrected chi connectivity index (χ4v) is 2.06. The Kier molecular flexibility index (Phi) is 5.78. The van der Waals surface area contributed by atoms with Crippen LogP contribution in [0.25, 0.3) is 0 Å². The second-order valence-electron chi connectivity index (χ2n) is 5.24. The summed E-state index contributed by atoms with van der Waals surface area (Å²) in [6, 6.07) is 9.95. The summed E-state index contributed by atoms with van der Waals surface area (Å²) in [6.45, 7) is 1.01. The minimum atomic E-state index is -0.778. The molecule has 0 aliphatic carbocycles. The monoisotopic (exact) mass is 346 g/mol. The van der Waals surface area contributed by atoms with E-state index in [2.05, 4.69) is 5.32 Å². The number of nitrogens with zero attached hydrogens (tertiary/aromatic N) is 1. The molecule has 1 N–H and O–H groups in total. The quantitative estimate of drug-likeness (QED) is 0.493. The topological polar surface area (TPSA) is 98.5 Å². The van der Waals surface area contributed by atoms with E-state index in [0.29, 0.717) is 5.56 Å². The molecule has 0 fully saturated rings. The molecule has 0 aliphatic rings. The van der Waals surface area contributed by atoms with E-state index in [0.717, 1.165) is 6.07 Å². The maximum absolute atomic E-state index is 13.4. The summed E-state index contributed by atoms with van der Waals surface area (Å²) in [5, 5.41) is 13.3. The normalized spacial score (nSPS) is 10.2. The number of anilines is 1. The highest BCUT2D eigenvalue weighted by Crippen LogP contribution is 2.18. The predicted molar refractivity (Wildman–Crippen MR) is 87.5 cm³/mol. The molecule has 0 atom stereocenters. The average molecular weight is 346 g/mol. The predicted octanol–water partition coefficient (Wildman–Crippen LogP) is 2.77. The summed E-state index contributed by atoms with van der Waals surface area (Å²) in [5.41, 5.74) is 0.675. The highest BCUT2D eigenvalue weighted by Gasteiger charge is 2.17. The molecule has 0 radical (unpaired) electrons. The molecule has 0 spiro atoms. The lowest BCUT2D eigenvalue weighted by Gasteiger charge is -2.08. The number of nitro benzene ring substituents is 1. The van der Waals surface area contributed by atoms with Crippen molar-refractivity contribution in [1.82, 2.24) is 0 Å². The molecule has 7 nitrogen and oxygen atoms in total. The van der Waals surface area contributed by atoms with E-state index in [9.17, 15) is 24.1 Å². The van der Waals surface area contributed by atoms with E-state index < -0.39 is 29.2 Å². The highest BCUT2D eigenvalue weighted by molar-refractivity contribution is 5.93. The third-order valence-corrected chi connectivity index (χ3v) is 3.34. The van der Waals surface area contributed by atoms with Gasteiger partial charge in [0.25, 0.3) is 11.6 Å². The number of amides is 1. The van der Waals surface area contributed by atoms with Crippen LogP contribution in [0, 0.1) is 22.9 Å². The SMILES string of the molecule is Cc1ccc(NC(=O)COC(=O)Cc2ccccc2[N+](=O)[O-])cc1F. The van der Waals surface area contributed by atoms with Crippen LogP contribution < -0.4 is 5.32 Å². The number of benzene rings is 2. The Balaban J connectivity index is 1.88. The molecule has 2 aromatic rings. The van der Waals surface area contributed by atoms with Gasteiger partial charge in [-0.25, -0.2) is 4.39 Å². The van der Waals surface area contributed by atoms with Gasteiger partial charge in [0, 0.05) is 17.3 Å². The van der Waals surface area contributed by atoms with Crippen molar-refractivity contribution >= 4 is 23.3 Å². The van der Waals surface area contributed by atoms with E-state index in [1.807, 2.05) is 0 Å². The zero-order valence-corrected chi connectivity index (χ0v) is 13.3. The smallest absolute Gasteiger partial charge is 0.311 e. The summed E-state index contributed by atoms with van der Waals surface area (Å²) in [6.07, 6.45) is -0.330.